The summed E-state index contributed by atoms with van der Waals surface area (Å²) in [5.74, 6) is -1.30. The van der Waals surface area contributed by atoms with Gasteiger partial charge in [-0.1, -0.05) is 31.0 Å². The number of amides is 2. The summed E-state index contributed by atoms with van der Waals surface area (Å²) in [5.41, 5.74) is 4.82. The molecule has 4 aromatic rings. The Morgan fingerprint density at radius 1 is 1.09 bits per heavy atom. The van der Waals surface area contributed by atoms with Crippen molar-refractivity contribution in [2.75, 3.05) is 24.3 Å². The number of rotatable bonds is 9. The van der Waals surface area contributed by atoms with E-state index in [-0.39, 0.29) is 11.8 Å². The molecular weight excluding hydrogens is 562 g/mol. The number of carboxylic acids is 1. The molecule has 224 valence electrons. The number of hydrogen-bond acceptors (Lipinski definition) is 6. The van der Waals surface area contributed by atoms with E-state index < -0.39 is 11.5 Å². The van der Waals surface area contributed by atoms with Gasteiger partial charge in [-0.2, -0.15) is 0 Å². The van der Waals surface area contributed by atoms with Gasteiger partial charge >= 0.3 is 5.97 Å². The minimum Gasteiger partial charge on any atom is -0.478 e. The predicted molar refractivity (Wildman–Crippen MR) is 173 cm³/mol. The Kier molecular flexibility index (Phi) is 8.41. The fraction of sp³-hybridized carbons (Fsp3) is 0.333. The van der Waals surface area contributed by atoms with Gasteiger partial charge in [-0.05, 0) is 74.1 Å². The summed E-state index contributed by atoms with van der Waals surface area (Å²) >= 11 is 1.62. The highest BCUT2D eigenvalue weighted by atomic mass is 32.1. The van der Waals surface area contributed by atoms with Gasteiger partial charge in [-0.25, -0.2) is 9.78 Å². The summed E-state index contributed by atoms with van der Waals surface area (Å²) in [4.78, 5) is 44.3. The first-order valence-electron chi connectivity index (χ1n) is 14.3. The van der Waals surface area contributed by atoms with Gasteiger partial charge in [0, 0.05) is 54.8 Å². The maximum absolute atomic E-state index is 13.5. The van der Waals surface area contributed by atoms with Gasteiger partial charge in [0.2, 0.25) is 5.91 Å². The van der Waals surface area contributed by atoms with E-state index in [2.05, 4.69) is 20.6 Å². The van der Waals surface area contributed by atoms with E-state index in [1.807, 2.05) is 44.2 Å². The number of anilines is 2. The first-order chi connectivity index (χ1) is 20.4. The molecule has 0 spiro atoms. The van der Waals surface area contributed by atoms with Gasteiger partial charge in [-0.3, -0.25) is 9.59 Å². The first kappa shape index (κ1) is 30.0. The lowest BCUT2D eigenvalue weighted by Crippen LogP contribution is -2.52. The number of carbonyl (C=O) groups excluding carboxylic acids is 2. The molecule has 1 aliphatic rings. The highest BCUT2D eigenvalue weighted by molar-refractivity contribution is 7.14. The molecule has 0 unspecified atom stereocenters. The molecule has 3 N–H and O–H groups in total. The number of carbonyl (C=O) groups is 3. The maximum atomic E-state index is 13.5. The minimum atomic E-state index is -1.20. The molecule has 43 heavy (non-hydrogen) atoms. The molecule has 0 radical (unpaired) electrons. The van der Waals surface area contributed by atoms with Crippen molar-refractivity contribution >= 4 is 56.9 Å². The van der Waals surface area contributed by atoms with Crippen LogP contribution >= 0.6 is 11.3 Å². The second-order valence-electron chi connectivity index (χ2n) is 11.8. The molecular formula is C33H37N5O4S. The first-order valence-corrected chi connectivity index (χ1v) is 15.2. The highest BCUT2D eigenvalue weighted by Crippen LogP contribution is 2.45. The summed E-state index contributed by atoms with van der Waals surface area (Å²) in [7, 11) is 6.02. The third-order valence-electron chi connectivity index (χ3n) is 7.96. The van der Waals surface area contributed by atoms with Gasteiger partial charge in [0.05, 0.1) is 5.69 Å². The topological polar surface area (TPSA) is 117 Å². The van der Waals surface area contributed by atoms with Crippen LogP contribution in [0.3, 0.4) is 0 Å². The number of thiazole rings is 1. The molecule has 1 aliphatic carbocycles. The molecule has 0 bridgehead atoms. The fourth-order valence-corrected chi connectivity index (χ4v) is 6.41. The van der Waals surface area contributed by atoms with Gasteiger partial charge in [0.25, 0.3) is 5.91 Å². The number of aromatic nitrogens is 2. The molecule has 2 aromatic carbocycles. The Morgan fingerprint density at radius 2 is 1.79 bits per heavy atom. The van der Waals surface area contributed by atoms with Crippen molar-refractivity contribution in [2.45, 2.75) is 51.0 Å². The summed E-state index contributed by atoms with van der Waals surface area (Å²) in [6.07, 6.45) is 7.23. The van der Waals surface area contributed by atoms with Crippen molar-refractivity contribution in [1.29, 1.82) is 0 Å². The Bertz CT molecular complexity index is 1710. The monoisotopic (exact) mass is 599 g/mol. The van der Waals surface area contributed by atoms with E-state index in [1.165, 1.54) is 24.5 Å². The quantitative estimate of drug-likeness (QED) is 0.195. The molecule has 0 saturated heterocycles. The van der Waals surface area contributed by atoms with Crippen LogP contribution in [0.5, 0.6) is 0 Å². The van der Waals surface area contributed by atoms with Gasteiger partial charge in [-0.15, -0.1) is 11.3 Å². The van der Waals surface area contributed by atoms with Crippen molar-refractivity contribution in [1.82, 2.24) is 14.9 Å². The SMILES string of the molecule is CN(C)c1nc(-c2c(C3CCCC3)c3ccc(C(=O)NC(C)(C)C(=O)Nc4ccc(/C=C/C(=O)O)cc4)cc3n2C)cs1. The van der Waals surface area contributed by atoms with Crippen molar-refractivity contribution < 1.29 is 19.5 Å². The Balaban J connectivity index is 1.39. The number of aliphatic carboxylic acids is 1. The van der Waals surface area contributed by atoms with E-state index in [1.54, 1.807) is 49.4 Å². The number of nitrogens with zero attached hydrogens (tertiary/aromatic N) is 3. The zero-order valence-electron chi connectivity index (χ0n) is 25.1. The summed E-state index contributed by atoms with van der Waals surface area (Å²) < 4.78 is 2.15. The summed E-state index contributed by atoms with van der Waals surface area (Å²) in [6.45, 7) is 3.32. The van der Waals surface area contributed by atoms with E-state index >= 15 is 0 Å². The average molecular weight is 600 g/mol. The summed E-state index contributed by atoms with van der Waals surface area (Å²) in [5, 5.41) is 18.7. The van der Waals surface area contributed by atoms with Crippen LogP contribution < -0.4 is 15.5 Å². The molecule has 0 atom stereocenters. The molecule has 2 amide bonds. The smallest absolute Gasteiger partial charge is 0.328 e. The van der Waals surface area contributed by atoms with Crippen LogP contribution in [0, 0.1) is 0 Å². The molecule has 10 heteroatoms. The zero-order chi connectivity index (χ0) is 30.9. The molecule has 1 fully saturated rings. The minimum absolute atomic E-state index is 0.343. The fourth-order valence-electron chi connectivity index (χ4n) is 5.67. The molecule has 9 nitrogen and oxygen atoms in total. The highest BCUT2D eigenvalue weighted by Gasteiger charge is 2.31. The lowest BCUT2D eigenvalue weighted by atomic mass is 9.93. The van der Waals surface area contributed by atoms with Crippen LogP contribution in [0.15, 0.2) is 53.9 Å². The van der Waals surface area contributed by atoms with Crippen LogP contribution in [-0.4, -0.2) is 52.1 Å². The zero-order valence-corrected chi connectivity index (χ0v) is 25.9. The van der Waals surface area contributed by atoms with Crippen molar-refractivity contribution in [3.8, 4) is 11.4 Å². The van der Waals surface area contributed by atoms with E-state index in [0.717, 1.165) is 46.3 Å². The largest absolute Gasteiger partial charge is 0.478 e. The number of carboxylic acid groups (broad SMARTS) is 1. The Labute approximate surface area is 255 Å². The molecule has 1 saturated carbocycles. The van der Waals surface area contributed by atoms with Crippen LogP contribution in [0.2, 0.25) is 0 Å². The van der Waals surface area contributed by atoms with Crippen LogP contribution in [-0.2, 0) is 16.6 Å². The van der Waals surface area contributed by atoms with Crippen LogP contribution in [0.25, 0.3) is 28.4 Å². The van der Waals surface area contributed by atoms with Gasteiger partial charge < -0.3 is 25.2 Å². The molecule has 2 aromatic heterocycles. The van der Waals surface area contributed by atoms with E-state index in [9.17, 15) is 14.4 Å². The van der Waals surface area contributed by atoms with Crippen molar-refractivity contribution in [3.63, 3.8) is 0 Å². The number of hydrogen-bond donors (Lipinski definition) is 3. The lowest BCUT2D eigenvalue weighted by molar-refractivity contribution is -0.131. The summed E-state index contributed by atoms with van der Waals surface area (Å²) in [6, 6.07) is 12.6. The molecule has 5 rings (SSSR count). The van der Waals surface area contributed by atoms with Gasteiger partial charge in [0.15, 0.2) is 5.13 Å². The van der Waals surface area contributed by atoms with Crippen LogP contribution in [0.4, 0.5) is 10.8 Å². The third kappa shape index (κ3) is 6.34. The van der Waals surface area contributed by atoms with Crippen LogP contribution in [0.1, 0.15) is 66.9 Å². The predicted octanol–water partition coefficient (Wildman–Crippen LogP) is 6.27. The number of benzene rings is 2. The molecule has 2 heterocycles. The third-order valence-corrected chi connectivity index (χ3v) is 8.97. The van der Waals surface area contributed by atoms with E-state index in [4.69, 9.17) is 10.1 Å². The maximum Gasteiger partial charge on any atom is 0.328 e. The average Bonchev–Trinajstić information content (AvgIpc) is 3.72. The number of aryl methyl sites for hydroxylation is 1. The number of fused-ring (bicyclic) bond motifs is 1. The lowest BCUT2D eigenvalue weighted by Gasteiger charge is -2.25. The van der Waals surface area contributed by atoms with Crippen molar-refractivity contribution in [3.05, 3.63) is 70.6 Å². The number of nitrogens with one attached hydrogen (secondary N) is 2. The van der Waals surface area contributed by atoms with E-state index in [0.29, 0.717) is 22.7 Å². The standard InChI is InChI=1S/C33H37N5O4S/c1-33(2,31(42)34-23-14-10-20(11-15-23)12-17-27(39)40)36-30(41)22-13-16-24-26(18-22)38(5)29(28(24)21-8-6-7-9-21)25-19-43-32(35-25)37(3)4/h10-19,21H,6-9H2,1-5H3,(H,34,42)(H,36,41)(H,39,40)/b17-12+. The van der Waals surface area contributed by atoms with Crippen molar-refractivity contribution in [2.24, 2.45) is 7.05 Å². The van der Waals surface area contributed by atoms with Gasteiger partial charge in [0.1, 0.15) is 11.2 Å². The normalized spacial score (nSPS) is 14.0. The Hall–Kier alpha value is -4.44. The Morgan fingerprint density at radius 3 is 2.42 bits per heavy atom. The molecule has 0 aliphatic heterocycles. The second-order valence-corrected chi connectivity index (χ2v) is 12.6. The second kappa shape index (κ2) is 12.0.